The molecular weight excluding hydrogens is 338 g/mol. The third kappa shape index (κ3) is 5.17. The summed E-state index contributed by atoms with van der Waals surface area (Å²) in [5.74, 6) is -1.38. The topological polar surface area (TPSA) is 99.2 Å². The van der Waals surface area contributed by atoms with Crippen LogP contribution in [0.4, 0.5) is 0 Å². The van der Waals surface area contributed by atoms with Gasteiger partial charge in [0.25, 0.3) is 0 Å². The number of nitrogens with one attached hydrogen (secondary N) is 1. The molecule has 1 saturated heterocycles. The van der Waals surface area contributed by atoms with E-state index >= 15 is 0 Å². The van der Waals surface area contributed by atoms with E-state index in [4.69, 9.17) is 4.74 Å². The second-order valence-corrected chi connectivity index (χ2v) is 7.29. The second kappa shape index (κ2) is 9.32. The van der Waals surface area contributed by atoms with Gasteiger partial charge in [-0.25, -0.2) is 4.79 Å². The standard InChI is InChI=1S/C18H31N3O5/c1-14(17(24)25)21(8-7-19-15(2)22)16(23)13-18(5-3-4-6-18)20-9-11-26-12-10-20/h14H,3-13H2,1-2H3,(H,19,22)(H,24,25). The van der Waals surface area contributed by atoms with Gasteiger partial charge in [0.05, 0.1) is 13.2 Å². The first-order valence-electron chi connectivity index (χ1n) is 9.45. The molecule has 1 aliphatic carbocycles. The van der Waals surface area contributed by atoms with Crippen molar-refractivity contribution in [1.29, 1.82) is 0 Å². The monoisotopic (exact) mass is 369 g/mol. The van der Waals surface area contributed by atoms with Crippen molar-refractivity contribution < 1.29 is 24.2 Å². The number of nitrogens with zero attached hydrogens (tertiary/aromatic N) is 2. The summed E-state index contributed by atoms with van der Waals surface area (Å²) in [5, 5.41) is 12.0. The quantitative estimate of drug-likeness (QED) is 0.645. The average molecular weight is 369 g/mol. The van der Waals surface area contributed by atoms with Gasteiger partial charge in [0.2, 0.25) is 11.8 Å². The Morgan fingerprint density at radius 2 is 1.85 bits per heavy atom. The molecule has 0 spiro atoms. The minimum absolute atomic E-state index is 0.154. The number of morpholine rings is 1. The number of carbonyl (C=O) groups excluding carboxylic acids is 2. The van der Waals surface area contributed by atoms with Crippen molar-refractivity contribution in [2.24, 2.45) is 0 Å². The summed E-state index contributed by atoms with van der Waals surface area (Å²) in [5.41, 5.74) is -0.189. The van der Waals surface area contributed by atoms with E-state index in [2.05, 4.69) is 10.2 Å². The zero-order valence-electron chi connectivity index (χ0n) is 15.8. The number of carboxylic acids is 1. The van der Waals surface area contributed by atoms with Gasteiger partial charge in [-0.15, -0.1) is 0 Å². The van der Waals surface area contributed by atoms with E-state index in [1.165, 1.54) is 18.7 Å². The van der Waals surface area contributed by atoms with Crippen LogP contribution >= 0.6 is 0 Å². The Labute approximate surface area is 154 Å². The third-order valence-electron chi connectivity index (χ3n) is 5.57. The highest BCUT2D eigenvalue weighted by atomic mass is 16.5. The first-order valence-corrected chi connectivity index (χ1v) is 9.45. The van der Waals surface area contributed by atoms with E-state index in [0.29, 0.717) is 19.6 Å². The van der Waals surface area contributed by atoms with Gasteiger partial charge in [-0.05, 0) is 19.8 Å². The lowest BCUT2D eigenvalue weighted by molar-refractivity contribution is -0.151. The van der Waals surface area contributed by atoms with Crippen LogP contribution < -0.4 is 5.32 Å². The Morgan fingerprint density at radius 1 is 1.23 bits per heavy atom. The lowest BCUT2D eigenvalue weighted by atomic mass is 9.89. The molecule has 1 atom stereocenters. The van der Waals surface area contributed by atoms with Crippen molar-refractivity contribution >= 4 is 17.8 Å². The van der Waals surface area contributed by atoms with Gasteiger partial charge in [-0.1, -0.05) is 12.8 Å². The molecule has 8 nitrogen and oxygen atoms in total. The largest absolute Gasteiger partial charge is 0.480 e. The number of aliphatic carboxylic acids is 1. The molecule has 0 aromatic heterocycles. The third-order valence-corrected chi connectivity index (χ3v) is 5.57. The summed E-state index contributed by atoms with van der Waals surface area (Å²) in [6.45, 7) is 6.35. The number of carbonyl (C=O) groups is 3. The average Bonchev–Trinajstić information content (AvgIpc) is 3.08. The number of ether oxygens (including phenoxy) is 1. The molecule has 1 aliphatic heterocycles. The van der Waals surface area contributed by atoms with Crippen LogP contribution in [-0.4, -0.2) is 83.7 Å². The molecule has 2 N–H and O–H groups in total. The fourth-order valence-corrected chi connectivity index (χ4v) is 4.08. The Bertz CT molecular complexity index is 513. The van der Waals surface area contributed by atoms with Crippen molar-refractivity contribution in [3.63, 3.8) is 0 Å². The number of carboxylic acid groups (broad SMARTS) is 1. The maximum absolute atomic E-state index is 13.1. The minimum atomic E-state index is -1.03. The van der Waals surface area contributed by atoms with E-state index in [1.807, 2.05) is 0 Å². The van der Waals surface area contributed by atoms with Crippen LogP contribution in [0.5, 0.6) is 0 Å². The molecule has 8 heteroatoms. The summed E-state index contributed by atoms with van der Waals surface area (Å²) < 4.78 is 5.45. The molecule has 1 heterocycles. The molecule has 148 valence electrons. The van der Waals surface area contributed by atoms with Gasteiger partial charge in [0, 0.05) is 45.1 Å². The van der Waals surface area contributed by atoms with Gasteiger partial charge in [-0.3, -0.25) is 14.5 Å². The highest BCUT2D eigenvalue weighted by Gasteiger charge is 2.43. The van der Waals surface area contributed by atoms with Crippen LogP contribution in [0.1, 0.15) is 46.0 Å². The molecule has 1 unspecified atom stereocenters. The number of hydrogen-bond acceptors (Lipinski definition) is 5. The molecule has 2 aliphatic rings. The highest BCUT2D eigenvalue weighted by Crippen LogP contribution is 2.39. The Balaban J connectivity index is 2.09. The summed E-state index contributed by atoms with van der Waals surface area (Å²) >= 11 is 0. The van der Waals surface area contributed by atoms with Crippen molar-refractivity contribution in [2.75, 3.05) is 39.4 Å². The normalized spacial score (nSPS) is 21.2. The van der Waals surface area contributed by atoms with Crippen molar-refractivity contribution in [2.45, 2.75) is 57.5 Å². The van der Waals surface area contributed by atoms with Crippen molar-refractivity contribution in [3.05, 3.63) is 0 Å². The molecule has 2 amide bonds. The molecule has 0 aromatic rings. The molecule has 2 rings (SSSR count). The number of hydrogen-bond donors (Lipinski definition) is 2. The fraction of sp³-hybridized carbons (Fsp3) is 0.833. The number of rotatable bonds is 8. The molecular formula is C18H31N3O5. The second-order valence-electron chi connectivity index (χ2n) is 7.29. The molecule has 2 fully saturated rings. The lowest BCUT2D eigenvalue weighted by Gasteiger charge is -2.44. The van der Waals surface area contributed by atoms with Gasteiger partial charge >= 0.3 is 5.97 Å². The summed E-state index contributed by atoms with van der Waals surface area (Å²) in [4.78, 5) is 39.3. The highest BCUT2D eigenvalue weighted by molar-refractivity contribution is 5.84. The van der Waals surface area contributed by atoms with Crippen LogP contribution in [0.2, 0.25) is 0 Å². The van der Waals surface area contributed by atoms with Gasteiger partial charge < -0.3 is 20.1 Å². The van der Waals surface area contributed by atoms with E-state index in [9.17, 15) is 19.5 Å². The van der Waals surface area contributed by atoms with Gasteiger partial charge in [0.15, 0.2) is 0 Å². The SMILES string of the molecule is CC(=O)NCCN(C(=O)CC1(N2CCOCC2)CCCC1)C(C)C(=O)O. The van der Waals surface area contributed by atoms with E-state index < -0.39 is 12.0 Å². The fourth-order valence-electron chi connectivity index (χ4n) is 4.08. The smallest absolute Gasteiger partial charge is 0.326 e. The van der Waals surface area contributed by atoms with E-state index in [1.54, 1.807) is 0 Å². The van der Waals surface area contributed by atoms with Crippen LogP contribution in [0.15, 0.2) is 0 Å². The van der Waals surface area contributed by atoms with Gasteiger partial charge in [0.1, 0.15) is 6.04 Å². The van der Waals surface area contributed by atoms with Crippen LogP contribution in [0.25, 0.3) is 0 Å². The summed E-state index contributed by atoms with van der Waals surface area (Å²) in [7, 11) is 0. The Kier molecular flexibility index (Phi) is 7.40. The number of amides is 2. The van der Waals surface area contributed by atoms with Crippen LogP contribution in [-0.2, 0) is 19.1 Å². The summed E-state index contributed by atoms with van der Waals surface area (Å²) in [6.07, 6.45) is 4.42. The summed E-state index contributed by atoms with van der Waals surface area (Å²) in [6, 6.07) is -0.917. The lowest BCUT2D eigenvalue weighted by Crippen LogP contribution is -2.56. The van der Waals surface area contributed by atoms with Crippen molar-refractivity contribution in [3.8, 4) is 0 Å². The maximum atomic E-state index is 13.1. The van der Waals surface area contributed by atoms with Gasteiger partial charge in [-0.2, -0.15) is 0 Å². The van der Waals surface area contributed by atoms with Crippen molar-refractivity contribution in [1.82, 2.24) is 15.1 Å². The first-order chi connectivity index (χ1) is 12.4. The predicted molar refractivity (Wildman–Crippen MR) is 95.7 cm³/mol. The van der Waals surface area contributed by atoms with E-state index in [0.717, 1.165) is 38.8 Å². The first kappa shape index (κ1) is 20.6. The zero-order valence-corrected chi connectivity index (χ0v) is 15.8. The molecule has 26 heavy (non-hydrogen) atoms. The maximum Gasteiger partial charge on any atom is 0.326 e. The molecule has 1 saturated carbocycles. The molecule has 0 bridgehead atoms. The van der Waals surface area contributed by atoms with Crippen LogP contribution in [0.3, 0.4) is 0 Å². The molecule has 0 aromatic carbocycles. The molecule has 0 radical (unpaired) electrons. The minimum Gasteiger partial charge on any atom is -0.480 e. The Hall–Kier alpha value is -1.67. The Morgan fingerprint density at radius 3 is 2.38 bits per heavy atom. The predicted octanol–water partition coefficient (Wildman–Crippen LogP) is 0.459. The van der Waals surface area contributed by atoms with E-state index in [-0.39, 0.29) is 30.4 Å². The zero-order chi connectivity index (χ0) is 19.2. The van der Waals surface area contributed by atoms with Crippen LogP contribution in [0, 0.1) is 0 Å².